The first-order valence-electron chi connectivity index (χ1n) is 8.69. The Morgan fingerprint density at radius 3 is 2.46 bits per heavy atom. The molecule has 0 radical (unpaired) electrons. The number of thiazole rings is 1. The van der Waals surface area contributed by atoms with E-state index in [2.05, 4.69) is 15.5 Å². The van der Waals surface area contributed by atoms with Gasteiger partial charge in [-0.3, -0.25) is 5.43 Å². The number of nitrogens with zero attached hydrogens (tertiary/aromatic N) is 4. The molecule has 0 bridgehead atoms. The first-order chi connectivity index (χ1) is 13.5. The van der Waals surface area contributed by atoms with E-state index >= 15 is 0 Å². The van der Waals surface area contributed by atoms with Crippen LogP contribution in [0.3, 0.4) is 0 Å². The van der Waals surface area contributed by atoms with Gasteiger partial charge in [0.25, 0.3) is 0 Å². The Morgan fingerprint density at radius 1 is 1.18 bits per heavy atom. The van der Waals surface area contributed by atoms with Crippen molar-refractivity contribution in [2.45, 2.75) is 18.7 Å². The minimum absolute atomic E-state index is 0.168. The molecule has 1 heterocycles. The highest BCUT2D eigenvalue weighted by atomic mass is 32.2. The van der Waals surface area contributed by atoms with Crippen LogP contribution in [0, 0.1) is 11.3 Å². The van der Waals surface area contributed by atoms with Crippen molar-refractivity contribution in [3.05, 3.63) is 53.5 Å². The number of aromatic nitrogens is 1. The fraction of sp³-hybridized carbons (Fsp3) is 0.211. The third-order valence-electron chi connectivity index (χ3n) is 4.10. The van der Waals surface area contributed by atoms with Crippen LogP contribution in [0.5, 0.6) is 0 Å². The number of sulfonamides is 1. The van der Waals surface area contributed by atoms with Crippen LogP contribution in [-0.2, 0) is 10.0 Å². The van der Waals surface area contributed by atoms with Gasteiger partial charge in [0, 0.05) is 13.1 Å². The van der Waals surface area contributed by atoms with Gasteiger partial charge in [-0.05, 0) is 36.4 Å². The maximum absolute atomic E-state index is 12.5. The van der Waals surface area contributed by atoms with Crippen LogP contribution in [0.4, 0.5) is 5.69 Å². The molecule has 1 N–H and O–H groups in total. The highest BCUT2D eigenvalue weighted by molar-refractivity contribution is 7.89. The van der Waals surface area contributed by atoms with E-state index in [0.29, 0.717) is 23.8 Å². The van der Waals surface area contributed by atoms with E-state index in [1.54, 1.807) is 26.0 Å². The summed E-state index contributed by atoms with van der Waals surface area (Å²) in [6.07, 6.45) is 0. The van der Waals surface area contributed by atoms with E-state index in [9.17, 15) is 13.7 Å². The average molecular weight is 414 g/mol. The Balaban J connectivity index is 1.80. The molecule has 7 nitrogen and oxygen atoms in total. The van der Waals surface area contributed by atoms with Crippen LogP contribution in [0.1, 0.15) is 18.9 Å². The third kappa shape index (κ3) is 4.04. The molecule has 0 amide bonds. The number of rotatable bonds is 7. The van der Waals surface area contributed by atoms with Gasteiger partial charge in [-0.25, -0.2) is 13.4 Å². The minimum Gasteiger partial charge on any atom is -0.277 e. The molecule has 0 atom stereocenters. The zero-order valence-electron chi connectivity index (χ0n) is 15.5. The molecule has 0 aliphatic carbocycles. The Bertz CT molecular complexity index is 1110. The summed E-state index contributed by atoms with van der Waals surface area (Å²) in [7, 11) is -3.50. The topological polar surface area (TPSA) is 98.5 Å². The van der Waals surface area contributed by atoms with Crippen molar-refractivity contribution in [1.29, 1.82) is 5.26 Å². The molecular weight excluding hydrogens is 394 g/mol. The molecule has 3 aromatic rings. The summed E-state index contributed by atoms with van der Waals surface area (Å²) in [4.78, 5) is 4.64. The zero-order chi connectivity index (χ0) is 20.1. The van der Waals surface area contributed by atoms with Crippen molar-refractivity contribution in [3.8, 4) is 6.07 Å². The summed E-state index contributed by atoms with van der Waals surface area (Å²) in [5.41, 5.74) is 4.36. The molecule has 0 aliphatic heterocycles. The van der Waals surface area contributed by atoms with Gasteiger partial charge in [-0.1, -0.05) is 26.0 Å². The smallest absolute Gasteiger partial charge is 0.243 e. The van der Waals surface area contributed by atoms with Crippen LogP contribution in [0.2, 0.25) is 0 Å². The second-order valence-corrected chi connectivity index (χ2v) is 8.75. The monoisotopic (exact) mass is 413 g/mol. The molecule has 144 valence electrons. The fourth-order valence-corrected chi connectivity index (χ4v) is 4.99. The average Bonchev–Trinajstić information content (AvgIpc) is 3.13. The molecule has 28 heavy (non-hydrogen) atoms. The number of hydrazone groups is 1. The molecule has 1 aromatic heterocycles. The lowest BCUT2D eigenvalue weighted by Crippen LogP contribution is -2.30. The molecule has 0 fully saturated rings. The number of hydrogen-bond donors (Lipinski definition) is 1. The predicted molar refractivity (Wildman–Crippen MR) is 112 cm³/mol. The summed E-state index contributed by atoms with van der Waals surface area (Å²) >= 11 is 1.39. The molecule has 0 unspecified atom stereocenters. The Hall–Kier alpha value is -2.80. The van der Waals surface area contributed by atoms with Crippen LogP contribution in [0.15, 0.2) is 58.5 Å². The summed E-state index contributed by atoms with van der Waals surface area (Å²) < 4.78 is 27.4. The number of nitrogens with one attached hydrogen (secondary N) is 1. The highest BCUT2D eigenvalue weighted by Crippen LogP contribution is 2.22. The number of benzene rings is 2. The molecule has 0 aliphatic rings. The zero-order valence-corrected chi connectivity index (χ0v) is 17.1. The predicted octanol–water partition coefficient (Wildman–Crippen LogP) is 3.67. The van der Waals surface area contributed by atoms with Crippen LogP contribution in [0.25, 0.3) is 10.2 Å². The van der Waals surface area contributed by atoms with E-state index in [1.807, 2.05) is 30.3 Å². The standard InChI is InChI=1S/C19H19N5O2S2/c1-3-24(4-2)28(25,26)15-11-9-14(10-12-15)22-23-17(13-20)19-21-16-7-5-6-8-18(16)27-19/h5-12,22H,3-4H2,1-2H3/b23-17-. The van der Waals surface area contributed by atoms with Crippen molar-refractivity contribution >= 4 is 43.0 Å². The van der Waals surface area contributed by atoms with Gasteiger partial charge in [0.05, 0.1) is 20.8 Å². The van der Waals surface area contributed by atoms with E-state index < -0.39 is 10.0 Å². The summed E-state index contributed by atoms with van der Waals surface area (Å²) in [6, 6.07) is 16.0. The maximum atomic E-state index is 12.5. The van der Waals surface area contributed by atoms with Crippen molar-refractivity contribution in [1.82, 2.24) is 9.29 Å². The van der Waals surface area contributed by atoms with Crippen LogP contribution >= 0.6 is 11.3 Å². The van der Waals surface area contributed by atoms with Crippen LogP contribution < -0.4 is 5.43 Å². The van der Waals surface area contributed by atoms with E-state index in [0.717, 1.165) is 10.2 Å². The second-order valence-electron chi connectivity index (χ2n) is 5.78. The molecule has 2 aromatic carbocycles. The van der Waals surface area contributed by atoms with E-state index in [-0.39, 0.29) is 10.6 Å². The third-order valence-corrected chi connectivity index (χ3v) is 7.20. The number of para-hydroxylation sites is 1. The van der Waals surface area contributed by atoms with Gasteiger partial charge in [-0.15, -0.1) is 11.3 Å². The summed E-state index contributed by atoms with van der Waals surface area (Å²) in [5.74, 6) is 0. The summed E-state index contributed by atoms with van der Waals surface area (Å²) in [5, 5.41) is 14.1. The normalized spacial score (nSPS) is 12.3. The maximum Gasteiger partial charge on any atom is 0.243 e. The van der Waals surface area contributed by atoms with Gasteiger partial charge in [0.1, 0.15) is 6.07 Å². The first kappa shape index (κ1) is 19.9. The second kappa shape index (κ2) is 8.48. The Labute approximate surface area is 168 Å². The lowest BCUT2D eigenvalue weighted by Gasteiger charge is -2.18. The molecule has 0 spiro atoms. The van der Waals surface area contributed by atoms with Crippen molar-refractivity contribution in [3.63, 3.8) is 0 Å². The van der Waals surface area contributed by atoms with Gasteiger partial charge in [-0.2, -0.15) is 14.7 Å². The highest BCUT2D eigenvalue weighted by Gasteiger charge is 2.21. The quantitative estimate of drug-likeness (QED) is 0.471. The molecule has 0 saturated carbocycles. The van der Waals surface area contributed by atoms with E-state index in [1.165, 1.54) is 27.8 Å². The summed E-state index contributed by atoms with van der Waals surface area (Å²) in [6.45, 7) is 4.43. The molecule has 9 heteroatoms. The number of hydrogen-bond acceptors (Lipinski definition) is 7. The molecule has 3 rings (SSSR count). The van der Waals surface area contributed by atoms with Crippen LogP contribution in [-0.4, -0.2) is 36.5 Å². The van der Waals surface area contributed by atoms with Gasteiger partial charge >= 0.3 is 0 Å². The SMILES string of the molecule is CCN(CC)S(=O)(=O)c1ccc(N/N=C(/C#N)c2nc3ccccc3s2)cc1. The van der Waals surface area contributed by atoms with Gasteiger partial charge in [0.15, 0.2) is 10.7 Å². The Morgan fingerprint density at radius 2 is 1.86 bits per heavy atom. The van der Waals surface area contributed by atoms with Crippen molar-refractivity contribution in [2.24, 2.45) is 5.10 Å². The number of anilines is 1. The molecule has 0 saturated heterocycles. The Kier molecular flexibility index (Phi) is 6.04. The largest absolute Gasteiger partial charge is 0.277 e. The lowest BCUT2D eigenvalue weighted by atomic mass is 10.3. The van der Waals surface area contributed by atoms with Gasteiger partial charge < -0.3 is 0 Å². The lowest BCUT2D eigenvalue weighted by molar-refractivity contribution is 0.445. The number of nitriles is 1. The number of fused-ring (bicyclic) bond motifs is 1. The molecular formula is C19H19N5O2S2. The minimum atomic E-state index is -3.50. The van der Waals surface area contributed by atoms with E-state index in [4.69, 9.17) is 0 Å². The van der Waals surface area contributed by atoms with Crippen molar-refractivity contribution < 1.29 is 8.42 Å². The fourth-order valence-electron chi connectivity index (χ4n) is 2.63. The van der Waals surface area contributed by atoms with Crippen molar-refractivity contribution in [2.75, 3.05) is 18.5 Å². The first-order valence-corrected chi connectivity index (χ1v) is 10.9. The van der Waals surface area contributed by atoms with Gasteiger partial charge in [0.2, 0.25) is 10.0 Å².